The Bertz CT molecular complexity index is 1180. The topological polar surface area (TPSA) is 80.1 Å². The highest BCUT2D eigenvalue weighted by Gasteiger charge is 2.08. The molecule has 120 valence electrons. The summed E-state index contributed by atoms with van der Waals surface area (Å²) in [6.45, 7) is 1.93. The third-order valence-electron chi connectivity index (χ3n) is 3.53. The number of fused-ring (bicyclic) bond motifs is 2. The fourth-order valence-corrected chi connectivity index (χ4v) is 3.96. The minimum Gasteiger partial charge on any atom is -0.301 e. The highest BCUT2D eigenvalue weighted by atomic mass is 32.2. The molecule has 0 unspecified atom stereocenters. The monoisotopic (exact) mass is 356 g/mol. The van der Waals surface area contributed by atoms with Crippen LogP contribution in [0.1, 0.15) is 11.3 Å². The van der Waals surface area contributed by atoms with Gasteiger partial charge in [-0.3, -0.25) is 14.0 Å². The van der Waals surface area contributed by atoms with Gasteiger partial charge in [0, 0.05) is 18.0 Å². The molecule has 0 saturated heterocycles. The fourth-order valence-electron chi connectivity index (χ4n) is 2.39. The average Bonchev–Trinajstić information content (AvgIpc) is 3.03. The lowest BCUT2D eigenvalue weighted by Gasteiger charge is -2.05. The van der Waals surface area contributed by atoms with Crippen LogP contribution in [-0.4, -0.2) is 19.4 Å². The maximum absolute atomic E-state index is 12.2. The van der Waals surface area contributed by atoms with Crippen molar-refractivity contribution in [2.45, 2.75) is 17.8 Å². The van der Waals surface area contributed by atoms with Crippen molar-refractivity contribution in [3.8, 4) is 0 Å². The molecule has 0 aliphatic carbocycles. The molecule has 4 aromatic heterocycles. The Balaban J connectivity index is 1.65. The third kappa shape index (κ3) is 2.74. The number of hydrogen-bond acceptors (Lipinski definition) is 6. The molecule has 0 fully saturated rings. The summed E-state index contributed by atoms with van der Waals surface area (Å²) >= 11 is 2.79. The molecule has 0 atom stereocenters. The second-order valence-electron chi connectivity index (χ2n) is 5.32. The molecule has 4 rings (SSSR count). The van der Waals surface area contributed by atoms with Gasteiger partial charge in [0.2, 0.25) is 0 Å². The van der Waals surface area contributed by atoms with Gasteiger partial charge in [0.15, 0.2) is 5.16 Å². The normalized spacial score (nSPS) is 11.4. The quantitative estimate of drug-likeness (QED) is 0.451. The summed E-state index contributed by atoms with van der Waals surface area (Å²) in [5.41, 5.74) is 2.00. The van der Waals surface area contributed by atoms with Crippen LogP contribution in [0.2, 0.25) is 0 Å². The van der Waals surface area contributed by atoms with Crippen molar-refractivity contribution in [3.05, 3.63) is 67.8 Å². The molecule has 4 heterocycles. The van der Waals surface area contributed by atoms with Gasteiger partial charge >= 0.3 is 0 Å². The first-order chi connectivity index (χ1) is 11.6. The van der Waals surface area contributed by atoms with E-state index in [1.54, 1.807) is 12.3 Å². The number of aromatic amines is 1. The molecule has 6 nitrogen and oxygen atoms in total. The number of thiophene rings is 1. The first-order valence-electron chi connectivity index (χ1n) is 7.19. The van der Waals surface area contributed by atoms with E-state index < -0.39 is 0 Å². The number of hydrogen-bond donors (Lipinski definition) is 1. The van der Waals surface area contributed by atoms with Crippen LogP contribution in [0, 0.1) is 6.92 Å². The maximum Gasteiger partial charge on any atom is 0.260 e. The largest absolute Gasteiger partial charge is 0.301 e. The zero-order valence-electron chi connectivity index (χ0n) is 12.6. The standard InChI is InChI=1S/C16H12N4O2S2/c1-9-2-3-12-17-10(6-13(21)20(12)7-9)8-24-16-18-14(22)11-4-5-23-15(11)19-16/h2-7H,8H2,1H3,(H,18,19,22). The van der Waals surface area contributed by atoms with E-state index in [1.165, 1.54) is 33.6 Å². The Labute approximate surface area is 144 Å². The van der Waals surface area contributed by atoms with Crippen LogP contribution >= 0.6 is 23.1 Å². The summed E-state index contributed by atoms with van der Waals surface area (Å²) in [7, 11) is 0. The second kappa shape index (κ2) is 5.88. The lowest BCUT2D eigenvalue weighted by atomic mass is 10.3. The van der Waals surface area contributed by atoms with E-state index in [0.717, 1.165) is 5.56 Å². The van der Waals surface area contributed by atoms with E-state index in [-0.39, 0.29) is 11.1 Å². The van der Waals surface area contributed by atoms with E-state index >= 15 is 0 Å². The van der Waals surface area contributed by atoms with Crippen molar-refractivity contribution >= 4 is 39.0 Å². The van der Waals surface area contributed by atoms with Gasteiger partial charge in [0.05, 0.1) is 11.1 Å². The molecular weight excluding hydrogens is 344 g/mol. The molecule has 0 aromatic carbocycles. The molecule has 0 aliphatic rings. The van der Waals surface area contributed by atoms with Gasteiger partial charge in [0.25, 0.3) is 11.1 Å². The van der Waals surface area contributed by atoms with Gasteiger partial charge in [-0.15, -0.1) is 11.3 Å². The number of aryl methyl sites for hydroxylation is 1. The van der Waals surface area contributed by atoms with E-state index in [9.17, 15) is 9.59 Å². The molecule has 8 heteroatoms. The van der Waals surface area contributed by atoms with E-state index in [1.807, 2.05) is 24.4 Å². The Morgan fingerprint density at radius 1 is 1.25 bits per heavy atom. The number of H-pyrrole nitrogens is 1. The molecule has 24 heavy (non-hydrogen) atoms. The summed E-state index contributed by atoms with van der Waals surface area (Å²) in [4.78, 5) is 36.5. The van der Waals surface area contributed by atoms with Crippen molar-refractivity contribution in [2.75, 3.05) is 0 Å². The molecule has 0 aliphatic heterocycles. The average molecular weight is 356 g/mol. The minimum atomic E-state index is -0.147. The number of aromatic nitrogens is 4. The highest BCUT2D eigenvalue weighted by Crippen LogP contribution is 2.21. The lowest BCUT2D eigenvalue weighted by molar-refractivity contribution is 0.971. The number of nitrogens with zero attached hydrogens (tertiary/aromatic N) is 3. The summed E-state index contributed by atoms with van der Waals surface area (Å²) in [6, 6.07) is 7.01. The Morgan fingerprint density at radius 2 is 2.12 bits per heavy atom. The Hall–Kier alpha value is -2.45. The Kier molecular flexibility index (Phi) is 3.70. The number of nitrogens with one attached hydrogen (secondary N) is 1. The van der Waals surface area contributed by atoms with Gasteiger partial charge in [-0.1, -0.05) is 17.8 Å². The van der Waals surface area contributed by atoms with E-state index in [2.05, 4.69) is 15.0 Å². The maximum atomic E-state index is 12.2. The zero-order chi connectivity index (χ0) is 16.7. The number of pyridine rings is 1. The SMILES string of the molecule is Cc1ccc2nc(CSc3nc4sccc4c(=O)[nH]3)cc(=O)n2c1. The van der Waals surface area contributed by atoms with Crippen molar-refractivity contribution in [2.24, 2.45) is 0 Å². The highest BCUT2D eigenvalue weighted by molar-refractivity contribution is 7.98. The van der Waals surface area contributed by atoms with Crippen LogP contribution in [0.3, 0.4) is 0 Å². The molecule has 1 N–H and O–H groups in total. The van der Waals surface area contributed by atoms with Crippen LogP contribution in [-0.2, 0) is 5.75 Å². The number of thioether (sulfide) groups is 1. The zero-order valence-corrected chi connectivity index (χ0v) is 14.3. The molecule has 0 amide bonds. The lowest BCUT2D eigenvalue weighted by Crippen LogP contribution is -2.15. The summed E-state index contributed by atoms with van der Waals surface area (Å²) in [5.74, 6) is 0.458. The molecule has 0 radical (unpaired) electrons. The van der Waals surface area contributed by atoms with E-state index in [0.29, 0.717) is 32.5 Å². The van der Waals surface area contributed by atoms with Crippen molar-refractivity contribution < 1.29 is 0 Å². The van der Waals surface area contributed by atoms with E-state index in [4.69, 9.17) is 0 Å². The second-order valence-corrected chi connectivity index (χ2v) is 7.18. The van der Waals surface area contributed by atoms with Crippen molar-refractivity contribution in [1.82, 2.24) is 19.4 Å². The Morgan fingerprint density at radius 3 is 3.00 bits per heavy atom. The molecular formula is C16H12N4O2S2. The molecule has 4 aromatic rings. The van der Waals surface area contributed by atoms with Crippen LogP contribution < -0.4 is 11.1 Å². The van der Waals surface area contributed by atoms with Gasteiger partial charge in [0.1, 0.15) is 10.5 Å². The first-order valence-corrected chi connectivity index (χ1v) is 9.06. The molecule has 0 spiro atoms. The first kappa shape index (κ1) is 15.1. The van der Waals surface area contributed by atoms with Crippen LogP contribution in [0.4, 0.5) is 0 Å². The third-order valence-corrected chi connectivity index (χ3v) is 5.24. The van der Waals surface area contributed by atoms with Crippen molar-refractivity contribution in [3.63, 3.8) is 0 Å². The summed E-state index contributed by atoms with van der Waals surface area (Å²) < 4.78 is 1.53. The van der Waals surface area contributed by atoms with Crippen LogP contribution in [0.25, 0.3) is 15.9 Å². The molecule has 0 bridgehead atoms. The van der Waals surface area contributed by atoms with Gasteiger partial charge < -0.3 is 4.98 Å². The summed E-state index contributed by atoms with van der Waals surface area (Å²) in [5, 5.41) is 2.97. The summed E-state index contributed by atoms with van der Waals surface area (Å²) in [6.07, 6.45) is 1.77. The van der Waals surface area contributed by atoms with Crippen LogP contribution in [0.5, 0.6) is 0 Å². The van der Waals surface area contributed by atoms with Gasteiger partial charge in [-0.2, -0.15) is 0 Å². The predicted octanol–water partition coefficient (Wildman–Crippen LogP) is 2.59. The fraction of sp³-hybridized carbons (Fsp3) is 0.125. The smallest absolute Gasteiger partial charge is 0.260 e. The minimum absolute atomic E-state index is 0.116. The van der Waals surface area contributed by atoms with Crippen molar-refractivity contribution in [1.29, 1.82) is 0 Å². The molecule has 0 saturated carbocycles. The van der Waals surface area contributed by atoms with Gasteiger partial charge in [-0.25, -0.2) is 9.97 Å². The predicted molar refractivity (Wildman–Crippen MR) is 96.0 cm³/mol. The van der Waals surface area contributed by atoms with Gasteiger partial charge in [-0.05, 0) is 30.0 Å². The van der Waals surface area contributed by atoms with Crippen LogP contribution in [0.15, 0.2) is 50.6 Å². The number of rotatable bonds is 3.